The third-order valence-electron chi connectivity index (χ3n) is 5.30. The minimum absolute atomic E-state index is 0.104. The van der Waals surface area contributed by atoms with E-state index in [1.807, 2.05) is 35.2 Å². The van der Waals surface area contributed by atoms with E-state index in [1.54, 1.807) is 0 Å². The molecule has 1 amide bonds. The first-order valence-electron chi connectivity index (χ1n) is 8.68. The van der Waals surface area contributed by atoms with Crippen molar-refractivity contribution in [2.45, 2.75) is 38.5 Å². The van der Waals surface area contributed by atoms with Crippen LogP contribution in [0.5, 0.6) is 0 Å². The van der Waals surface area contributed by atoms with Crippen LogP contribution in [-0.2, 0) is 9.59 Å². The summed E-state index contributed by atoms with van der Waals surface area (Å²) in [6, 6.07) is 9.88. The van der Waals surface area contributed by atoms with E-state index in [9.17, 15) is 14.7 Å². The molecule has 4 nitrogen and oxygen atoms in total. The highest BCUT2D eigenvalue weighted by Gasteiger charge is 2.47. The van der Waals surface area contributed by atoms with Crippen LogP contribution in [0.2, 0.25) is 0 Å². The van der Waals surface area contributed by atoms with Crippen molar-refractivity contribution in [3.8, 4) is 0 Å². The van der Waals surface area contributed by atoms with Crippen LogP contribution >= 0.6 is 0 Å². The molecule has 1 aromatic rings. The monoisotopic (exact) mass is 315 g/mol. The molecule has 23 heavy (non-hydrogen) atoms. The number of amides is 1. The van der Waals surface area contributed by atoms with Gasteiger partial charge in [-0.05, 0) is 36.7 Å². The zero-order valence-corrected chi connectivity index (χ0v) is 13.6. The lowest BCUT2D eigenvalue weighted by molar-refractivity contribution is -0.142. The molecule has 3 atom stereocenters. The van der Waals surface area contributed by atoms with Crippen molar-refractivity contribution in [2.24, 2.45) is 17.8 Å². The van der Waals surface area contributed by atoms with Gasteiger partial charge < -0.3 is 10.0 Å². The standard InChI is InChI=1S/C19H25NO3/c1-2-6-15(13-7-4-3-5-8-13)18(21)20-11-16(14-9-10-14)17(12-20)19(22)23/h3-5,7-8,14-17H,2,6,9-12H2,1H3,(H,22,23)/t15?,16-,17+/m1/s1. The Morgan fingerprint density at radius 1 is 1.22 bits per heavy atom. The van der Waals surface area contributed by atoms with Crippen molar-refractivity contribution in [1.82, 2.24) is 4.90 Å². The molecule has 2 fully saturated rings. The van der Waals surface area contributed by atoms with E-state index in [0.29, 0.717) is 19.0 Å². The fourth-order valence-corrected chi connectivity index (χ4v) is 3.90. The molecule has 1 saturated carbocycles. The molecule has 1 aliphatic heterocycles. The second kappa shape index (κ2) is 6.73. The van der Waals surface area contributed by atoms with Gasteiger partial charge in [-0.15, -0.1) is 0 Å². The fourth-order valence-electron chi connectivity index (χ4n) is 3.90. The molecule has 3 rings (SSSR count). The van der Waals surface area contributed by atoms with Crippen molar-refractivity contribution in [2.75, 3.05) is 13.1 Å². The Morgan fingerprint density at radius 3 is 2.48 bits per heavy atom. The van der Waals surface area contributed by atoms with E-state index >= 15 is 0 Å². The van der Waals surface area contributed by atoms with Crippen LogP contribution in [-0.4, -0.2) is 35.0 Å². The zero-order valence-electron chi connectivity index (χ0n) is 13.6. The average Bonchev–Trinajstić information content (AvgIpc) is 3.31. The van der Waals surface area contributed by atoms with Crippen LogP contribution < -0.4 is 0 Å². The number of hydrogen-bond donors (Lipinski definition) is 1. The lowest BCUT2D eigenvalue weighted by atomic mass is 9.92. The number of carbonyl (C=O) groups excluding carboxylic acids is 1. The summed E-state index contributed by atoms with van der Waals surface area (Å²) in [6.45, 7) is 3.08. The van der Waals surface area contributed by atoms with E-state index in [4.69, 9.17) is 0 Å². The van der Waals surface area contributed by atoms with Gasteiger partial charge in [0.15, 0.2) is 0 Å². The second-order valence-corrected chi connectivity index (χ2v) is 6.94. The van der Waals surface area contributed by atoms with Gasteiger partial charge in [0, 0.05) is 13.1 Å². The molecule has 1 N–H and O–H groups in total. The summed E-state index contributed by atoms with van der Waals surface area (Å²) in [6.07, 6.45) is 3.99. The van der Waals surface area contributed by atoms with Gasteiger partial charge in [-0.2, -0.15) is 0 Å². The molecule has 1 heterocycles. The maximum absolute atomic E-state index is 13.0. The first-order chi connectivity index (χ1) is 11.1. The van der Waals surface area contributed by atoms with Gasteiger partial charge >= 0.3 is 5.97 Å². The van der Waals surface area contributed by atoms with Crippen LogP contribution in [0, 0.1) is 17.8 Å². The van der Waals surface area contributed by atoms with E-state index in [0.717, 1.165) is 31.2 Å². The van der Waals surface area contributed by atoms with Crippen molar-refractivity contribution < 1.29 is 14.7 Å². The Bertz CT molecular complexity index is 567. The third-order valence-corrected chi connectivity index (χ3v) is 5.30. The molecule has 1 aromatic carbocycles. The summed E-state index contributed by atoms with van der Waals surface area (Å²) in [5.74, 6) is -0.515. The summed E-state index contributed by atoms with van der Waals surface area (Å²) < 4.78 is 0. The predicted octanol–water partition coefficient (Wildman–Crippen LogP) is 3.14. The number of hydrogen-bond acceptors (Lipinski definition) is 2. The molecule has 1 aliphatic carbocycles. The average molecular weight is 315 g/mol. The number of benzene rings is 1. The topological polar surface area (TPSA) is 57.6 Å². The molecule has 124 valence electrons. The minimum atomic E-state index is -0.746. The van der Waals surface area contributed by atoms with Crippen molar-refractivity contribution in [3.63, 3.8) is 0 Å². The Morgan fingerprint density at radius 2 is 1.91 bits per heavy atom. The van der Waals surface area contributed by atoms with E-state index < -0.39 is 5.97 Å². The number of aliphatic carboxylic acids is 1. The summed E-state index contributed by atoms with van der Waals surface area (Å²) in [7, 11) is 0. The first-order valence-corrected chi connectivity index (χ1v) is 8.68. The third kappa shape index (κ3) is 3.41. The second-order valence-electron chi connectivity index (χ2n) is 6.94. The van der Waals surface area contributed by atoms with Gasteiger partial charge in [0.05, 0.1) is 11.8 Å². The normalized spacial score (nSPS) is 25.3. The van der Waals surface area contributed by atoms with E-state index in [2.05, 4.69) is 6.92 Å². The van der Waals surface area contributed by atoms with Gasteiger partial charge in [-0.25, -0.2) is 0 Å². The highest BCUT2D eigenvalue weighted by Crippen LogP contribution is 2.44. The van der Waals surface area contributed by atoms with Crippen molar-refractivity contribution in [3.05, 3.63) is 35.9 Å². The quantitative estimate of drug-likeness (QED) is 0.877. The molecule has 0 bridgehead atoms. The largest absolute Gasteiger partial charge is 0.481 e. The Labute approximate surface area is 137 Å². The summed E-state index contributed by atoms with van der Waals surface area (Å²) in [4.78, 5) is 26.4. The van der Waals surface area contributed by atoms with Gasteiger partial charge in [-0.3, -0.25) is 9.59 Å². The summed E-state index contributed by atoms with van der Waals surface area (Å²) in [5.41, 5.74) is 1.04. The van der Waals surface area contributed by atoms with Crippen molar-refractivity contribution in [1.29, 1.82) is 0 Å². The molecular weight excluding hydrogens is 290 g/mol. The lowest BCUT2D eigenvalue weighted by Gasteiger charge is -2.24. The van der Waals surface area contributed by atoms with Gasteiger partial charge in [0.1, 0.15) is 0 Å². The fraction of sp³-hybridized carbons (Fsp3) is 0.579. The van der Waals surface area contributed by atoms with Gasteiger partial charge in [0.2, 0.25) is 5.91 Å². The molecule has 4 heteroatoms. The summed E-state index contributed by atoms with van der Waals surface area (Å²) in [5, 5.41) is 9.48. The Balaban J connectivity index is 1.76. The van der Waals surface area contributed by atoms with Crippen LogP contribution in [0.15, 0.2) is 30.3 Å². The SMILES string of the molecule is CCCC(C(=O)N1C[C@H](C(=O)O)[C@@H](C2CC2)C1)c1ccccc1. The highest BCUT2D eigenvalue weighted by atomic mass is 16.4. The lowest BCUT2D eigenvalue weighted by Crippen LogP contribution is -2.34. The maximum Gasteiger partial charge on any atom is 0.308 e. The number of likely N-dealkylation sites (tertiary alicyclic amines) is 1. The van der Waals surface area contributed by atoms with Crippen LogP contribution in [0.3, 0.4) is 0 Å². The number of rotatable bonds is 6. The number of carboxylic acids is 1. The molecule has 1 unspecified atom stereocenters. The van der Waals surface area contributed by atoms with E-state index in [1.165, 1.54) is 0 Å². The molecule has 0 spiro atoms. The first kappa shape index (κ1) is 16.0. The van der Waals surface area contributed by atoms with E-state index in [-0.39, 0.29) is 23.7 Å². The minimum Gasteiger partial charge on any atom is -0.481 e. The Kier molecular flexibility index (Phi) is 4.69. The number of carbonyl (C=O) groups is 2. The zero-order chi connectivity index (χ0) is 16.4. The molecular formula is C19H25NO3. The molecule has 0 radical (unpaired) electrons. The van der Waals surface area contributed by atoms with Gasteiger partial charge in [0.25, 0.3) is 0 Å². The molecule has 1 saturated heterocycles. The predicted molar refractivity (Wildman–Crippen MR) is 88.0 cm³/mol. The molecule has 2 aliphatic rings. The van der Waals surface area contributed by atoms with Crippen LogP contribution in [0.4, 0.5) is 0 Å². The van der Waals surface area contributed by atoms with Gasteiger partial charge in [-0.1, -0.05) is 43.7 Å². The van der Waals surface area contributed by atoms with Crippen LogP contribution in [0.25, 0.3) is 0 Å². The maximum atomic E-state index is 13.0. The number of nitrogens with zero attached hydrogens (tertiary/aromatic N) is 1. The highest BCUT2D eigenvalue weighted by molar-refractivity contribution is 5.85. The van der Waals surface area contributed by atoms with Crippen LogP contribution in [0.1, 0.15) is 44.1 Å². The van der Waals surface area contributed by atoms with Crippen molar-refractivity contribution >= 4 is 11.9 Å². The Hall–Kier alpha value is -1.84. The summed E-state index contributed by atoms with van der Waals surface area (Å²) >= 11 is 0. The smallest absolute Gasteiger partial charge is 0.308 e. The molecule has 0 aromatic heterocycles. The number of carboxylic acid groups (broad SMARTS) is 1.